The van der Waals surface area contributed by atoms with Gasteiger partial charge in [0.1, 0.15) is 5.82 Å². The third-order valence-electron chi connectivity index (χ3n) is 7.22. The van der Waals surface area contributed by atoms with Gasteiger partial charge in [-0.25, -0.2) is 4.39 Å². The number of fused-ring (bicyclic) bond motifs is 1. The Labute approximate surface area is 234 Å². The van der Waals surface area contributed by atoms with E-state index in [1.54, 1.807) is 12.3 Å². The molecule has 0 amide bonds. The predicted molar refractivity (Wildman–Crippen MR) is 157 cm³/mol. The lowest BCUT2D eigenvalue weighted by Crippen LogP contribution is -2.43. The van der Waals surface area contributed by atoms with Crippen molar-refractivity contribution in [1.82, 2.24) is 15.2 Å². The van der Waals surface area contributed by atoms with E-state index in [-0.39, 0.29) is 28.3 Å². The molecule has 2 aromatic carbocycles. The fourth-order valence-corrected chi connectivity index (χ4v) is 5.30. The van der Waals surface area contributed by atoms with Crippen LogP contribution < -0.4 is 10.2 Å². The molecule has 8 heteroatoms. The van der Waals surface area contributed by atoms with Crippen LogP contribution in [0.2, 0.25) is 5.02 Å². The predicted octanol–water partition coefficient (Wildman–Crippen LogP) is 6.37. The highest BCUT2D eigenvalue weighted by molar-refractivity contribution is 6.33. The second-order valence-corrected chi connectivity index (χ2v) is 10.8. The lowest BCUT2D eigenvalue weighted by Gasteiger charge is -2.35. The summed E-state index contributed by atoms with van der Waals surface area (Å²) in [7, 11) is 4.01. The molecule has 39 heavy (non-hydrogen) atoms. The van der Waals surface area contributed by atoms with Gasteiger partial charge in [0.05, 0.1) is 27.4 Å². The standard InChI is InChI=1S/C31H36ClFN4O2/c1-6-23(15-34-19(3)17-36(4)5)37(7-2)30-24-12-21(22-13-27(32)26(18-38)28(33)14-22)10-11-29(24)35-16-25(30)31(39)20-8-9-20/h10-14,16,18,20,23,34H,3,6-9,15,17H2,1-2,4-5H3. The van der Waals surface area contributed by atoms with Crippen molar-refractivity contribution in [3.05, 3.63) is 70.8 Å². The second-order valence-electron chi connectivity index (χ2n) is 10.4. The first-order chi connectivity index (χ1) is 18.7. The van der Waals surface area contributed by atoms with Crippen LogP contribution in [0.4, 0.5) is 10.1 Å². The van der Waals surface area contributed by atoms with Crippen molar-refractivity contribution < 1.29 is 14.0 Å². The average molecular weight is 551 g/mol. The number of ketones is 1. The van der Waals surface area contributed by atoms with Gasteiger partial charge in [-0.3, -0.25) is 14.6 Å². The number of carbonyl (C=O) groups excluding carboxylic acids is 2. The molecule has 1 unspecified atom stereocenters. The smallest absolute Gasteiger partial charge is 0.169 e. The minimum Gasteiger partial charge on any atom is -0.386 e. The molecule has 4 rings (SSSR count). The fourth-order valence-electron chi connectivity index (χ4n) is 5.05. The number of pyridine rings is 1. The molecule has 0 saturated heterocycles. The van der Waals surface area contributed by atoms with Crippen molar-refractivity contribution in [3.8, 4) is 11.1 Å². The molecule has 1 fully saturated rings. The molecule has 206 valence electrons. The molecule has 6 nitrogen and oxygen atoms in total. The average Bonchev–Trinajstić information content (AvgIpc) is 3.75. The number of anilines is 1. The number of nitrogens with one attached hydrogen (secondary N) is 1. The number of aldehydes is 1. The SMILES string of the molecule is C=C(CN(C)C)NCC(CC)N(CC)c1c(C(=O)C2CC2)cnc2ccc(-c3cc(F)c(C=O)c(Cl)c3)cc12. The van der Waals surface area contributed by atoms with Crippen molar-refractivity contribution >= 4 is 40.3 Å². The van der Waals surface area contributed by atoms with Gasteiger partial charge in [0.2, 0.25) is 0 Å². The zero-order valence-corrected chi connectivity index (χ0v) is 23.8. The molecule has 1 N–H and O–H groups in total. The van der Waals surface area contributed by atoms with Crippen molar-refractivity contribution in [3.63, 3.8) is 0 Å². The molecule has 0 bridgehead atoms. The summed E-state index contributed by atoms with van der Waals surface area (Å²) >= 11 is 6.21. The Balaban J connectivity index is 1.84. The highest BCUT2D eigenvalue weighted by Crippen LogP contribution is 2.40. The van der Waals surface area contributed by atoms with E-state index in [1.807, 2.05) is 32.3 Å². The largest absolute Gasteiger partial charge is 0.386 e. The van der Waals surface area contributed by atoms with Crippen LogP contribution in [0, 0.1) is 11.7 Å². The summed E-state index contributed by atoms with van der Waals surface area (Å²) in [5, 5.41) is 4.36. The van der Waals surface area contributed by atoms with Gasteiger partial charge in [0, 0.05) is 48.9 Å². The first-order valence-corrected chi connectivity index (χ1v) is 13.8. The first-order valence-electron chi connectivity index (χ1n) is 13.4. The van der Waals surface area contributed by atoms with Crippen LogP contribution in [0.3, 0.4) is 0 Å². The van der Waals surface area contributed by atoms with Crippen molar-refractivity contribution in [2.45, 2.75) is 39.2 Å². The van der Waals surface area contributed by atoms with E-state index < -0.39 is 5.82 Å². The number of carbonyl (C=O) groups is 2. The Kier molecular flexibility index (Phi) is 9.03. The molecule has 1 aliphatic rings. The highest BCUT2D eigenvalue weighted by Gasteiger charge is 2.34. The number of Topliss-reactive ketones (excluding diaryl/α,β-unsaturated/α-hetero) is 1. The number of halogens is 2. The normalized spacial score (nSPS) is 13.9. The van der Waals surface area contributed by atoms with Gasteiger partial charge in [-0.05, 0) is 75.7 Å². The minimum absolute atomic E-state index is 0.0340. The Morgan fingerprint density at radius 2 is 1.97 bits per heavy atom. The number of nitrogens with zero attached hydrogens (tertiary/aromatic N) is 3. The molecule has 1 heterocycles. The summed E-state index contributed by atoms with van der Waals surface area (Å²) in [5.74, 6) is -0.520. The van der Waals surface area contributed by atoms with Crippen LogP contribution in [-0.2, 0) is 0 Å². The van der Waals surface area contributed by atoms with Crippen LogP contribution in [0.15, 0.2) is 48.8 Å². The van der Waals surface area contributed by atoms with Gasteiger partial charge >= 0.3 is 0 Å². The molecule has 1 saturated carbocycles. The van der Waals surface area contributed by atoms with E-state index >= 15 is 0 Å². The Morgan fingerprint density at radius 1 is 1.23 bits per heavy atom. The maximum Gasteiger partial charge on any atom is 0.169 e. The summed E-state index contributed by atoms with van der Waals surface area (Å²) < 4.78 is 14.6. The van der Waals surface area contributed by atoms with Crippen LogP contribution in [0.5, 0.6) is 0 Å². The second kappa shape index (κ2) is 12.3. The third kappa shape index (κ3) is 6.31. The van der Waals surface area contributed by atoms with Crippen LogP contribution >= 0.6 is 11.6 Å². The van der Waals surface area contributed by atoms with Crippen molar-refractivity contribution in [2.24, 2.45) is 5.92 Å². The van der Waals surface area contributed by atoms with Gasteiger partial charge < -0.3 is 15.1 Å². The number of rotatable bonds is 13. The molecule has 0 radical (unpaired) electrons. The van der Waals surface area contributed by atoms with Gasteiger partial charge in [0.15, 0.2) is 12.1 Å². The van der Waals surface area contributed by atoms with E-state index in [2.05, 4.69) is 40.5 Å². The lowest BCUT2D eigenvalue weighted by molar-refractivity contribution is 0.0967. The van der Waals surface area contributed by atoms with Crippen molar-refractivity contribution in [1.29, 1.82) is 0 Å². The Morgan fingerprint density at radius 3 is 2.56 bits per heavy atom. The van der Waals surface area contributed by atoms with Crippen LogP contribution in [0.25, 0.3) is 22.0 Å². The summed E-state index contributed by atoms with van der Waals surface area (Å²) in [6.07, 6.45) is 4.77. The van der Waals surface area contributed by atoms with Gasteiger partial charge in [0.25, 0.3) is 0 Å². The van der Waals surface area contributed by atoms with E-state index in [0.29, 0.717) is 30.5 Å². The van der Waals surface area contributed by atoms with E-state index in [4.69, 9.17) is 11.6 Å². The van der Waals surface area contributed by atoms with Gasteiger partial charge in [-0.1, -0.05) is 31.2 Å². The number of likely N-dealkylation sites (N-methyl/N-ethyl adjacent to an activating group) is 2. The number of benzene rings is 2. The van der Waals surface area contributed by atoms with Crippen LogP contribution in [-0.4, -0.2) is 61.7 Å². The number of aromatic nitrogens is 1. The number of hydrogen-bond donors (Lipinski definition) is 1. The summed E-state index contributed by atoms with van der Waals surface area (Å²) in [5.41, 5.74) is 4.26. The molecular formula is C31H36ClFN4O2. The lowest BCUT2D eigenvalue weighted by atomic mass is 9.96. The monoisotopic (exact) mass is 550 g/mol. The summed E-state index contributed by atoms with van der Waals surface area (Å²) in [4.78, 5) is 33.7. The molecule has 0 spiro atoms. The van der Waals surface area contributed by atoms with Gasteiger partial charge in [-0.2, -0.15) is 0 Å². The molecule has 1 aromatic heterocycles. The van der Waals surface area contributed by atoms with E-state index in [1.165, 1.54) is 6.07 Å². The van der Waals surface area contributed by atoms with Crippen LogP contribution in [0.1, 0.15) is 53.8 Å². The zero-order valence-electron chi connectivity index (χ0n) is 23.1. The molecule has 3 aromatic rings. The third-order valence-corrected chi connectivity index (χ3v) is 7.53. The molecule has 1 aliphatic carbocycles. The zero-order chi connectivity index (χ0) is 28.3. The highest BCUT2D eigenvalue weighted by atomic mass is 35.5. The first kappa shape index (κ1) is 28.7. The Bertz CT molecular complexity index is 1380. The Hall–Kier alpha value is -3.29. The maximum absolute atomic E-state index is 14.6. The number of hydrogen-bond acceptors (Lipinski definition) is 6. The maximum atomic E-state index is 14.6. The molecule has 0 aliphatic heterocycles. The molecule has 1 atom stereocenters. The van der Waals surface area contributed by atoms with E-state index in [9.17, 15) is 14.0 Å². The molecular weight excluding hydrogens is 515 g/mol. The van der Waals surface area contributed by atoms with Crippen molar-refractivity contribution in [2.75, 3.05) is 38.6 Å². The summed E-state index contributed by atoms with van der Waals surface area (Å²) in [6.45, 7) is 10.5. The minimum atomic E-state index is -0.672. The quantitative estimate of drug-likeness (QED) is 0.197. The van der Waals surface area contributed by atoms with Gasteiger partial charge in [-0.15, -0.1) is 0 Å². The summed E-state index contributed by atoms with van der Waals surface area (Å²) in [6, 6.07) is 8.68. The van der Waals surface area contributed by atoms with E-state index in [0.717, 1.165) is 53.7 Å². The fraction of sp³-hybridized carbons (Fsp3) is 0.387. The topological polar surface area (TPSA) is 65.5 Å².